The van der Waals surface area contributed by atoms with Gasteiger partial charge in [-0.2, -0.15) is 11.3 Å². The molecule has 3 N–H and O–H groups in total. The Morgan fingerprint density at radius 3 is 3.04 bits per heavy atom. The van der Waals surface area contributed by atoms with Gasteiger partial charge in [0.05, 0.1) is 0 Å². The number of amides is 1. The van der Waals surface area contributed by atoms with Crippen molar-refractivity contribution in [3.8, 4) is 11.4 Å². The fraction of sp³-hybridized carbons (Fsp3) is 0.200. The van der Waals surface area contributed by atoms with Gasteiger partial charge in [0.25, 0.3) is 0 Å². The minimum atomic E-state index is -0.182. The number of carbonyl (C=O) groups excluding carboxylic acids is 1. The van der Waals surface area contributed by atoms with Crippen molar-refractivity contribution in [2.45, 2.75) is 13.0 Å². The lowest BCUT2D eigenvalue weighted by atomic mass is 10.1. The van der Waals surface area contributed by atoms with Gasteiger partial charge in [-0.05, 0) is 52.5 Å². The average molecular weight is 328 g/mol. The highest BCUT2D eigenvalue weighted by Crippen LogP contribution is 2.18. The highest BCUT2D eigenvalue weighted by Gasteiger charge is 2.12. The lowest BCUT2D eigenvalue weighted by Gasteiger charge is -2.08. The molecular weight excluding hydrogens is 312 g/mol. The van der Waals surface area contributed by atoms with Crippen LogP contribution in [0.1, 0.15) is 5.56 Å². The van der Waals surface area contributed by atoms with Crippen molar-refractivity contribution < 1.29 is 4.79 Å². The number of tetrazole rings is 1. The first-order valence-electron chi connectivity index (χ1n) is 7.14. The number of hydrogen-bond donors (Lipinski definition) is 2. The molecule has 0 saturated carbocycles. The van der Waals surface area contributed by atoms with Gasteiger partial charge in [-0.1, -0.05) is 12.1 Å². The molecule has 0 aliphatic carbocycles. The molecule has 0 unspecified atom stereocenters. The van der Waals surface area contributed by atoms with E-state index in [1.165, 1.54) is 4.68 Å². The Hall–Kier alpha value is -2.58. The summed E-state index contributed by atoms with van der Waals surface area (Å²) in [6, 6.07) is 9.56. The average Bonchev–Trinajstić information content (AvgIpc) is 3.18. The number of rotatable bonds is 6. The minimum Gasteiger partial charge on any atom is -0.330 e. The lowest BCUT2D eigenvalue weighted by molar-refractivity contribution is -0.116. The molecule has 0 fully saturated rings. The minimum absolute atomic E-state index is 0.0549. The maximum Gasteiger partial charge on any atom is 0.246 e. The number of nitrogens with one attached hydrogen (secondary N) is 1. The number of aromatic nitrogens is 4. The van der Waals surface area contributed by atoms with Gasteiger partial charge in [-0.15, -0.1) is 5.10 Å². The Bertz CT molecular complexity index is 783. The highest BCUT2D eigenvalue weighted by atomic mass is 32.1. The second-order valence-corrected chi connectivity index (χ2v) is 5.74. The molecule has 0 spiro atoms. The molecular formula is C15H16N6OS. The Kier molecular flexibility index (Phi) is 4.74. The summed E-state index contributed by atoms with van der Waals surface area (Å²) < 4.78 is 1.49. The molecule has 1 amide bonds. The van der Waals surface area contributed by atoms with Crippen LogP contribution in [0.15, 0.2) is 41.1 Å². The summed E-state index contributed by atoms with van der Waals surface area (Å²) in [5, 5.41) is 18.2. The molecule has 0 saturated heterocycles. The summed E-state index contributed by atoms with van der Waals surface area (Å²) in [6.07, 6.45) is 0.777. The molecule has 2 aromatic heterocycles. The van der Waals surface area contributed by atoms with Gasteiger partial charge in [0.15, 0.2) is 5.82 Å². The van der Waals surface area contributed by atoms with Crippen LogP contribution in [0.2, 0.25) is 0 Å². The summed E-state index contributed by atoms with van der Waals surface area (Å²) in [5.74, 6) is 0.400. The van der Waals surface area contributed by atoms with Gasteiger partial charge >= 0.3 is 0 Å². The number of benzene rings is 1. The van der Waals surface area contributed by atoms with E-state index in [1.54, 1.807) is 11.3 Å². The maximum absolute atomic E-state index is 12.2. The standard InChI is InChI=1S/C15H16N6OS/c16-6-4-11-2-1-3-13(8-11)17-14(22)9-21-15(18-19-20-21)12-5-7-23-10-12/h1-3,5,7-8,10H,4,6,9,16H2,(H,17,22). The monoisotopic (exact) mass is 328 g/mol. The molecule has 7 nitrogen and oxygen atoms in total. The molecule has 8 heteroatoms. The first-order chi connectivity index (χ1) is 11.3. The fourth-order valence-electron chi connectivity index (χ4n) is 2.22. The zero-order valence-electron chi connectivity index (χ0n) is 12.3. The first kappa shape index (κ1) is 15.3. The third-order valence-corrected chi connectivity index (χ3v) is 3.93. The van der Waals surface area contributed by atoms with Crippen LogP contribution in [0.5, 0.6) is 0 Å². The summed E-state index contributed by atoms with van der Waals surface area (Å²) in [7, 11) is 0. The normalized spacial score (nSPS) is 10.7. The molecule has 0 radical (unpaired) electrons. The number of nitrogens with zero attached hydrogens (tertiary/aromatic N) is 4. The molecule has 1 aromatic carbocycles. The molecule has 23 heavy (non-hydrogen) atoms. The van der Waals surface area contributed by atoms with E-state index in [1.807, 2.05) is 41.1 Å². The van der Waals surface area contributed by atoms with Crippen LogP contribution in [0.4, 0.5) is 5.69 Å². The SMILES string of the molecule is NCCc1cccc(NC(=O)Cn2nnnc2-c2ccsc2)c1. The smallest absolute Gasteiger partial charge is 0.246 e. The van der Waals surface area contributed by atoms with Gasteiger partial charge in [0, 0.05) is 16.6 Å². The van der Waals surface area contributed by atoms with Crippen LogP contribution >= 0.6 is 11.3 Å². The Labute approximate surface area is 137 Å². The van der Waals surface area contributed by atoms with Gasteiger partial charge in [0.2, 0.25) is 5.91 Å². The second-order valence-electron chi connectivity index (χ2n) is 4.96. The van der Waals surface area contributed by atoms with Gasteiger partial charge in [0.1, 0.15) is 6.54 Å². The van der Waals surface area contributed by atoms with Crippen LogP contribution in [-0.2, 0) is 17.8 Å². The molecule has 3 aromatic rings. The van der Waals surface area contributed by atoms with E-state index in [0.29, 0.717) is 12.4 Å². The first-order valence-corrected chi connectivity index (χ1v) is 8.08. The summed E-state index contributed by atoms with van der Waals surface area (Å²) in [4.78, 5) is 12.2. The van der Waals surface area contributed by atoms with Crippen molar-refractivity contribution in [1.29, 1.82) is 0 Å². The van der Waals surface area contributed by atoms with E-state index in [9.17, 15) is 4.79 Å². The van der Waals surface area contributed by atoms with E-state index < -0.39 is 0 Å². The fourth-order valence-corrected chi connectivity index (χ4v) is 2.85. The quantitative estimate of drug-likeness (QED) is 0.715. The van der Waals surface area contributed by atoms with Gasteiger partial charge < -0.3 is 11.1 Å². The van der Waals surface area contributed by atoms with Crippen molar-refractivity contribution >= 4 is 22.9 Å². The van der Waals surface area contributed by atoms with E-state index >= 15 is 0 Å². The van der Waals surface area contributed by atoms with Crippen LogP contribution < -0.4 is 11.1 Å². The second kappa shape index (κ2) is 7.12. The summed E-state index contributed by atoms with van der Waals surface area (Å²) >= 11 is 1.55. The zero-order chi connectivity index (χ0) is 16.1. The number of anilines is 1. The van der Waals surface area contributed by atoms with Crippen molar-refractivity contribution in [3.63, 3.8) is 0 Å². The Balaban J connectivity index is 1.69. The van der Waals surface area contributed by atoms with Gasteiger partial charge in [-0.3, -0.25) is 4.79 Å². The third kappa shape index (κ3) is 3.79. The molecule has 2 heterocycles. The topological polar surface area (TPSA) is 98.7 Å². The summed E-state index contributed by atoms with van der Waals surface area (Å²) in [6.45, 7) is 0.630. The summed E-state index contributed by atoms with van der Waals surface area (Å²) in [5.41, 5.74) is 8.29. The molecule has 118 valence electrons. The van der Waals surface area contributed by atoms with E-state index in [2.05, 4.69) is 20.8 Å². The van der Waals surface area contributed by atoms with Crippen LogP contribution in [-0.4, -0.2) is 32.7 Å². The predicted molar refractivity (Wildman–Crippen MR) is 89.0 cm³/mol. The van der Waals surface area contributed by atoms with Crippen LogP contribution in [0, 0.1) is 0 Å². The lowest BCUT2D eigenvalue weighted by Crippen LogP contribution is -2.20. The number of carbonyl (C=O) groups is 1. The van der Waals surface area contributed by atoms with Crippen molar-refractivity contribution in [2.75, 3.05) is 11.9 Å². The molecule has 0 aliphatic rings. The van der Waals surface area contributed by atoms with Crippen molar-refractivity contribution in [3.05, 3.63) is 46.7 Å². The number of hydrogen-bond acceptors (Lipinski definition) is 6. The largest absolute Gasteiger partial charge is 0.330 e. The van der Waals surface area contributed by atoms with E-state index in [-0.39, 0.29) is 12.5 Å². The van der Waals surface area contributed by atoms with Crippen molar-refractivity contribution in [1.82, 2.24) is 20.2 Å². The zero-order valence-corrected chi connectivity index (χ0v) is 13.2. The Morgan fingerprint density at radius 1 is 1.35 bits per heavy atom. The predicted octanol–water partition coefficient (Wildman–Crippen LogP) is 1.54. The van der Waals surface area contributed by atoms with E-state index in [4.69, 9.17) is 5.73 Å². The maximum atomic E-state index is 12.2. The van der Waals surface area contributed by atoms with Crippen molar-refractivity contribution in [2.24, 2.45) is 5.73 Å². The Morgan fingerprint density at radius 2 is 2.26 bits per heavy atom. The van der Waals surface area contributed by atoms with E-state index in [0.717, 1.165) is 23.2 Å². The third-order valence-electron chi connectivity index (χ3n) is 3.25. The van der Waals surface area contributed by atoms with Gasteiger partial charge in [-0.25, -0.2) is 4.68 Å². The highest BCUT2D eigenvalue weighted by molar-refractivity contribution is 7.08. The number of thiophene rings is 1. The number of nitrogens with two attached hydrogens (primary N) is 1. The molecule has 3 rings (SSSR count). The van der Waals surface area contributed by atoms with Crippen LogP contribution in [0.3, 0.4) is 0 Å². The molecule has 0 aliphatic heterocycles. The molecule has 0 atom stereocenters. The molecule has 0 bridgehead atoms. The van der Waals surface area contributed by atoms with Crippen LogP contribution in [0.25, 0.3) is 11.4 Å².